The van der Waals surface area contributed by atoms with Crippen molar-refractivity contribution in [1.82, 2.24) is 9.78 Å². The highest BCUT2D eigenvalue weighted by atomic mass is 16.5. The van der Waals surface area contributed by atoms with Gasteiger partial charge in [0, 0.05) is 19.6 Å². The molecule has 1 aromatic heterocycles. The van der Waals surface area contributed by atoms with Gasteiger partial charge in [-0.2, -0.15) is 5.10 Å². The first-order valence-corrected chi connectivity index (χ1v) is 4.81. The molecule has 2 heterocycles. The van der Waals surface area contributed by atoms with E-state index in [2.05, 4.69) is 5.10 Å². The molecule has 0 N–H and O–H groups in total. The topological polar surface area (TPSA) is 44.1 Å². The van der Waals surface area contributed by atoms with E-state index in [1.807, 2.05) is 13.0 Å². The first kappa shape index (κ1) is 9.40. The molecule has 0 aliphatic carbocycles. The molecule has 0 radical (unpaired) electrons. The standard InChI is InChI=1S/C10H14N2O2/c1-7-5-9(12(2)11-7)10(13)8-3-4-14-6-8/h5,8H,3-4,6H2,1-2H3. The number of nitrogens with zero attached hydrogens (tertiary/aromatic N) is 2. The fraction of sp³-hybridized carbons (Fsp3) is 0.600. The molecule has 2 rings (SSSR count). The van der Waals surface area contributed by atoms with Crippen LogP contribution in [0.5, 0.6) is 0 Å². The summed E-state index contributed by atoms with van der Waals surface area (Å²) in [5.74, 6) is 0.190. The summed E-state index contributed by atoms with van der Waals surface area (Å²) in [6.07, 6.45) is 0.836. The quantitative estimate of drug-likeness (QED) is 0.658. The van der Waals surface area contributed by atoms with E-state index in [9.17, 15) is 4.79 Å². The zero-order chi connectivity index (χ0) is 10.1. The number of carbonyl (C=O) groups excluding carboxylic acids is 1. The van der Waals surface area contributed by atoms with Crippen molar-refractivity contribution in [2.45, 2.75) is 13.3 Å². The highest BCUT2D eigenvalue weighted by Crippen LogP contribution is 2.18. The molecule has 14 heavy (non-hydrogen) atoms. The number of carbonyl (C=O) groups is 1. The average molecular weight is 194 g/mol. The number of hydrogen-bond acceptors (Lipinski definition) is 3. The van der Waals surface area contributed by atoms with Gasteiger partial charge in [-0.3, -0.25) is 9.48 Å². The number of hydrogen-bond donors (Lipinski definition) is 0. The van der Waals surface area contributed by atoms with Crippen molar-refractivity contribution in [2.75, 3.05) is 13.2 Å². The minimum absolute atomic E-state index is 0.0322. The highest BCUT2D eigenvalue weighted by Gasteiger charge is 2.26. The molecule has 0 spiro atoms. The van der Waals surface area contributed by atoms with E-state index in [4.69, 9.17) is 4.74 Å². The van der Waals surface area contributed by atoms with E-state index in [-0.39, 0.29) is 11.7 Å². The summed E-state index contributed by atoms with van der Waals surface area (Å²) in [7, 11) is 1.80. The van der Waals surface area contributed by atoms with E-state index >= 15 is 0 Å². The first-order valence-electron chi connectivity index (χ1n) is 4.81. The van der Waals surface area contributed by atoms with E-state index < -0.39 is 0 Å². The molecular weight excluding hydrogens is 180 g/mol. The van der Waals surface area contributed by atoms with Crippen LogP contribution in [-0.4, -0.2) is 28.8 Å². The summed E-state index contributed by atoms with van der Waals surface area (Å²) in [4.78, 5) is 11.9. The smallest absolute Gasteiger partial charge is 0.186 e. The van der Waals surface area contributed by atoms with Crippen LogP contribution in [0, 0.1) is 12.8 Å². The lowest BCUT2D eigenvalue weighted by molar-refractivity contribution is 0.0890. The van der Waals surface area contributed by atoms with Crippen molar-refractivity contribution < 1.29 is 9.53 Å². The van der Waals surface area contributed by atoms with Crippen LogP contribution >= 0.6 is 0 Å². The molecule has 4 nitrogen and oxygen atoms in total. The third-order valence-corrected chi connectivity index (χ3v) is 2.55. The Morgan fingerprint density at radius 1 is 1.71 bits per heavy atom. The molecule has 1 aliphatic heterocycles. The largest absolute Gasteiger partial charge is 0.381 e. The maximum Gasteiger partial charge on any atom is 0.186 e. The van der Waals surface area contributed by atoms with Crippen molar-refractivity contribution in [2.24, 2.45) is 13.0 Å². The van der Waals surface area contributed by atoms with Gasteiger partial charge in [-0.25, -0.2) is 0 Å². The van der Waals surface area contributed by atoms with Crippen LogP contribution in [0.15, 0.2) is 6.07 Å². The lowest BCUT2D eigenvalue weighted by Crippen LogP contribution is -2.17. The summed E-state index contributed by atoms with van der Waals surface area (Å²) in [5.41, 5.74) is 1.58. The molecule has 1 unspecified atom stereocenters. The Bertz CT molecular complexity index is 351. The van der Waals surface area contributed by atoms with Gasteiger partial charge in [-0.1, -0.05) is 0 Å². The van der Waals surface area contributed by atoms with Crippen LogP contribution in [0.25, 0.3) is 0 Å². The van der Waals surface area contributed by atoms with Crippen molar-refractivity contribution >= 4 is 5.78 Å². The fourth-order valence-corrected chi connectivity index (χ4v) is 1.79. The second-order valence-corrected chi connectivity index (χ2v) is 3.72. The number of rotatable bonds is 2. The number of aryl methyl sites for hydroxylation is 2. The Kier molecular flexibility index (Phi) is 2.37. The van der Waals surface area contributed by atoms with Gasteiger partial charge in [-0.05, 0) is 19.4 Å². The Labute approximate surface area is 82.9 Å². The molecule has 1 aromatic rings. The summed E-state index contributed by atoms with van der Waals surface area (Å²) < 4.78 is 6.84. The number of Topliss-reactive ketones (excluding diaryl/α,β-unsaturated/α-hetero) is 1. The second kappa shape index (κ2) is 3.53. The monoisotopic (exact) mass is 194 g/mol. The van der Waals surface area contributed by atoms with Gasteiger partial charge in [0.25, 0.3) is 0 Å². The van der Waals surface area contributed by atoms with Gasteiger partial charge in [-0.15, -0.1) is 0 Å². The van der Waals surface area contributed by atoms with Crippen molar-refractivity contribution in [3.8, 4) is 0 Å². The lowest BCUT2D eigenvalue weighted by Gasteiger charge is -2.05. The summed E-state index contributed by atoms with van der Waals surface area (Å²) >= 11 is 0. The Morgan fingerprint density at radius 3 is 3.00 bits per heavy atom. The minimum atomic E-state index is 0.0322. The molecule has 0 aromatic carbocycles. The number of aromatic nitrogens is 2. The third kappa shape index (κ3) is 1.57. The highest BCUT2D eigenvalue weighted by molar-refractivity contribution is 5.96. The normalized spacial score (nSPS) is 21.4. The molecule has 1 aliphatic rings. The molecular formula is C10H14N2O2. The van der Waals surface area contributed by atoms with E-state index in [1.54, 1.807) is 11.7 Å². The first-order chi connectivity index (χ1) is 6.68. The van der Waals surface area contributed by atoms with Gasteiger partial charge in [0.15, 0.2) is 5.78 Å². The molecule has 0 saturated carbocycles. The van der Waals surface area contributed by atoms with Gasteiger partial charge in [0.05, 0.1) is 12.3 Å². The van der Waals surface area contributed by atoms with E-state index in [1.165, 1.54) is 0 Å². The predicted molar refractivity (Wildman–Crippen MR) is 51.2 cm³/mol. The van der Waals surface area contributed by atoms with Gasteiger partial charge in [0.1, 0.15) is 5.69 Å². The zero-order valence-corrected chi connectivity index (χ0v) is 8.49. The molecule has 0 bridgehead atoms. The summed E-state index contributed by atoms with van der Waals surface area (Å²) in [6.45, 7) is 3.15. The second-order valence-electron chi connectivity index (χ2n) is 3.72. The molecule has 0 amide bonds. The Hall–Kier alpha value is -1.16. The van der Waals surface area contributed by atoms with E-state index in [0.29, 0.717) is 18.9 Å². The molecule has 76 valence electrons. The van der Waals surface area contributed by atoms with E-state index in [0.717, 1.165) is 12.1 Å². The van der Waals surface area contributed by atoms with Crippen molar-refractivity contribution in [3.63, 3.8) is 0 Å². The zero-order valence-electron chi connectivity index (χ0n) is 8.49. The van der Waals surface area contributed by atoms with Crippen LogP contribution in [0.4, 0.5) is 0 Å². The van der Waals surface area contributed by atoms with Gasteiger partial charge < -0.3 is 4.74 Å². The predicted octanol–water partition coefficient (Wildman–Crippen LogP) is 0.948. The van der Waals surface area contributed by atoms with Crippen molar-refractivity contribution in [1.29, 1.82) is 0 Å². The lowest BCUT2D eigenvalue weighted by atomic mass is 10.0. The molecule has 1 fully saturated rings. The maximum atomic E-state index is 11.9. The minimum Gasteiger partial charge on any atom is -0.381 e. The molecule has 1 saturated heterocycles. The number of ketones is 1. The van der Waals surface area contributed by atoms with Crippen LogP contribution in [0.1, 0.15) is 22.6 Å². The van der Waals surface area contributed by atoms with Gasteiger partial charge in [0.2, 0.25) is 0 Å². The van der Waals surface area contributed by atoms with Crippen LogP contribution in [0.3, 0.4) is 0 Å². The van der Waals surface area contributed by atoms with Gasteiger partial charge >= 0.3 is 0 Å². The fourth-order valence-electron chi connectivity index (χ4n) is 1.79. The average Bonchev–Trinajstić information content (AvgIpc) is 2.73. The summed E-state index contributed by atoms with van der Waals surface area (Å²) in [5, 5.41) is 4.16. The van der Waals surface area contributed by atoms with Crippen LogP contribution < -0.4 is 0 Å². The molecule has 1 atom stereocenters. The third-order valence-electron chi connectivity index (χ3n) is 2.55. The van der Waals surface area contributed by atoms with Crippen LogP contribution in [0.2, 0.25) is 0 Å². The maximum absolute atomic E-state index is 11.9. The Balaban J connectivity index is 2.21. The summed E-state index contributed by atoms with van der Waals surface area (Å²) in [6, 6.07) is 1.83. The van der Waals surface area contributed by atoms with Crippen molar-refractivity contribution in [3.05, 3.63) is 17.5 Å². The number of ether oxygens (including phenoxy) is 1. The van der Waals surface area contributed by atoms with Crippen LogP contribution in [-0.2, 0) is 11.8 Å². The SMILES string of the molecule is Cc1cc(C(=O)C2CCOC2)n(C)n1. The Morgan fingerprint density at radius 2 is 2.50 bits per heavy atom. The molecule has 4 heteroatoms.